The van der Waals surface area contributed by atoms with Gasteiger partial charge in [0.2, 0.25) is 0 Å². The molecule has 0 spiro atoms. The summed E-state index contributed by atoms with van der Waals surface area (Å²) < 4.78 is 0. The van der Waals surface area contributed by atoms with E-state index in [1.165, 1.54) is 89.0 Å². The minimum atomic E-state index is 0.539. The molecule has 0 N–H and O–H groups in total. The summed E-state index contributed by atoms with van der Waals surface area (Å²) in [6.07, 6.45) is 18.4. The van der Waals surface area contributed by atoms with Crippen molar-refractivity contribution in [1.82, 2.24) is 0 Å². The number of benzene rings is 1. The van der Waals surface area contributed by atoms with Crippen molar-refractivity contribution in [3.05, 3.63) is 35.9 Å². The normalized spacial score (nSPS) is 12.5. The van der Waals surface area contributed by atoms with E-state index in [9.17, 15) is 0 Å². The fourth-order valence-electron chi connectivity index (χ4n) is 2.99. The third-order valence-electron chi connectivity index (χ3n) is 4.47. The third kappa shape index (κ3) is 10.4. The van der Waals surface area contributed by atoms with E-state index in [2.05, 4.69) is 53.2 Å². The highest BCUT2D eigenvalue weighted by atomic mass is 79.9. The Morgan fingerprint density at radius 3 is 1.64 bits per heavy atom. The number of unbranched alkanes of at least 4 members (excludes halogenated alkanes) is 11. The molecule has 1 rings (SSSR count). The van der Waals surface area contributed by atoms with Crippen LogP contribution in [0.25, 0.3) is 0 Å². The summed E-state index contributed by atoms with van der Waals surface area (Å²) in [5.41, 5.74) is 1.42. The van der Waals surface area contributed by atoms with Gasteiger partial charge in [-0.1, -0.05) is 130 Å². The van der Waals surface area contributed by atoms with Crippen LogP contribution >= 0.6 is 15.9 Å². The maximum atomic E-state index is 3.82. The van der Waals surface area contributed by atoms with Crippen LogP contribution < -0.4 is 0 Å². The number of halogens is 1. The summed E-state index contributed by atoms with van der Waals surface area (Å²) in [7, 11) is 0. The topological polar surface area (TPSA) is 0 Å². The molecule has 0 bridgehead atoms. The predicted molar refractivity (Wildman–Crippen MR) is 104 cm³/mol. The van der Waals surface area contributed by atoms with Gasteiger partial charge in [0.1, 0.15) is 0 Å². The number of rotatable bonds is 14. The van der Waals surface area contributed by atoms with E-state index in [1.54, 1.807) is 0 Å². The van der Waals surface area contributed by atoms with Crippen molar-refractivity contribution < 1.29 is 0 Å². The SMILES string of the molecule is CCCCCCCCCCCCCCC(Br)c1ccccc1. The van der Waals surface area contributed by atoms with Crippen molar-refractivity contribution in [2.24, 2.45) is 0 Å². The molecule has 22 heavy (non-hydrogen) atoms. The molecule has 0 amide bonds. The molecule has 0 fully saturated rings. The lowest BCUT2D eigenvalue weighted by molar-refractivity contribution is 0.539. The lowest BCUT2D eigenvalue weighted by Gasteiger charge is -2.09. The Kier molecular flexibility index (Phi) is 12.8. The number of alkyl halides is 1. The summed E-state index contributed by atoms with van der Waals surface area (Å²) in [6, 6.07) is 10.8. The van der Waals surface area contributed by atoms with Gasteiger partial charge in [0.15, 0.2) is 0 Å². The molecule has 1 heteroatoms. The summed E-state index contributed by atoms with van der Waals surface area (Å²) in [4.78, 5) is 0.539. The van der Waals surface area contributed by atoms with Gasteiger partial charge in [-0.3, -0.25) is 0 Å². The van der Waals surface area contributed by atoms with Crippen LogP contribution in [0.1, 0.15) is 101 Å². The van der Waals surface area contributed by atoms with Crippen LogP contribution in [0.15, 0.2) is 30.3 Å². The van der Waals surface area contributed by atoms with Crippen molar-refractivity contribution in [2.45, 2.75) is 95.2 Å². The summed E-state index contributed by atoms with van der Waals surface area (Å²) >= 11 is 3.82. The molecule has 0 aliphatic rings. The fourth-order valence-corrected chi connectivity index (χ4v) is 3.62. The number of hydrogen-bond acceptors (Lipinski definition) is 0. The molecule has 1 aromatic carbocycles. The zero-order valence-electron chi connectivity index (χ0n) is 14.5. The molecule has 0 heterocycles. The summed E-state index contributed by atoms with van der Waals surface area (Å²) in [6.45, 7) is 2.29. The third-order valence-corrected chi connectivity index (χ3v) is 5.46. The maximum Gasteiger partial charge on any atom is 0.0395 e. The first-order valence-electron chi connectivity index (χ1n) is 9.53. The molecule has 0 saturated heterocycles. The monoisotopic (exact) mass is 366 g/mol. The quantitative estimate of drug-likeness (QED) is 0.229. The maximum absolute atomic E-state index is 3.82. The zero-order valence-corrected chi connectivity index (χ0v) is 16.1. The molecule has 1 atom stereocenters. The molecule has 0 saturated carbocycles. The van der Waals surface area contributed by atoms with E-state index in [0.29, 0.717) is 4.83 Å². The largest absolute Gasteiger partial charge is 0.0839 e. The Bertz CT molecular complexity index is 333. The highest BCUT2D eigenvalue weighted by molar-refractivity contribution is 9.09. The van der Waals surface area contributed by atoms with E-state index in [1.807, 2.05) is 0 Å². The van der Waals surface area contributed by atoms with Gasteiger partial charge in [-0.25, -0.2) is 0 Å². The van der Waals surface area contributed by atoms with E-state index in [0.717, 1.165) is 0 Å². The van der Waals surface area contributed by atoms with E-state index < -0.39 is 0 Å². The first kappa shape index (κ1) is 19.7. The van der Waals surface area contributed by atoms with Crippen molar-refractivity contribution >= 4 is 15.9 Å². The van der Waals surface area contributed by atoms with Crippen molar-refractivity contribution in [3.8, 4) is 0 Å². The van der Waals surface area contributed by atoms with Crippen LogP contribution in [0.5, 0.6) is 0 Å². The van der Waals surface area contributed by atoms with Gasteiger partial charge < -0.3 is 0 Å². The Labute approximate surface area is 147 Å². The highest BCUT2D eigenvalue weighted by Crippen LogP contribution is 2.28. The Morgan fingerprint density at radius 1 is 0.682 bits per heavy atom. The molecule has 0 radical (unpaired) electrons. The lowest BCUT2D eigenvalue weighted by atomic mass is 10.0. The second-order valence-corrected chi connectivity index (χ2v) is 7.66. The van der Waals surface area contributed by atoms with E-state index in [-0.39, 0.29) is 0 Å². The van der Waals surface area contributed by atoms with Gasteiger partial charge >= 0.3 is 0 Å². The minimum Gasteiger partial charge on any atom is -0.0839 e. The molecule has 1 unspecified atom stereocenters. The predicted octanol–water partition coefficient (Wildman–Crippen LogP) is 8.21. The van der Waals surface area contributed by atoms with Crippen LogP contribution in [-0.4, -0.2) is 0 Å². The first-order chi connectivity index (χ1) is 10.8. The Morgan fingerprint density at radius 2 is 1.14 bits per heavy atom. The van der Waals surface area contributed by atoms with Gasteiger partial charge in [0, 0.05) is 4.83 Å². The van der Waals surface area contributed by atoms with Crippen molar-refractivity contribution in [1.29, 1.82) is 0 Å². The highest BCUT2D eigenvalue weighted by Gasteiger charge is 2.05. The van der Waals surface area contributed by atoms with Gasteiger partial charge in [0.25, 0.3) is 0 Å². The second-order valence-electron chi connectivity index (χ2n) is 6.56. The van der Waals surface area contributed by atoms with E-state index in [4.69, 9.17) is 0 Å². The first-order valence-corrected chi connectivity index (χ1v) is 10.4. The molecule has 126 valence electrons. The average molecular weight is 367 g/mol. The van der Waals surface area contributed by atoms with Gasteiger partial charge in [-0.05, 0) is 12.0 Å². The molecule has 0 aliphatic heterocycles. The average Bonchev–Trinajstić information content (AvgIpc) is 2.56. The van der Waals surface area contributed by atoms with Crippen LogP contribution in [0, 0.1) is 0 Å². The molecular weight excluding hydrogens is 332 g/mol. The Balaban J connectivity index is 1.84. The van der Waals surface area contributed by atoms with Crippen molar-refractivity contribution in [3.63, 3.8) is 0 Å². The molecule has 0 aliphatic carbocycles. The van der Waals surface area contributed by atoms with Crippen LogP contribution in [0.4, 0.5) is 0 Å². The lowest BCUT2D eigenvalue weighted by Crippen LogP contribution is -1.90. The summed E-state index contributed by atoms with van der Waals surface area (Å²) in [5.74, 6) is 0. The molecular formula is C21H35Br. The zero-order chi connectivity index (χ0) is 15.9. The van der Waals surface area contributed by atoms with Gasteiger partial charge in [-0.2, -0.15) is 0 Å². The minimum absolute atomic E-state index is 0.539. The second kappa shape index (κ2) is 14.3. The molecule has 0 nitrogen and oxygen atoms in total. The van der Waals surface area contributed by atoms with Crippen molar-refractivity contribution in [2.75, 3.05) is 0 Å². The molecule has 0 aromatic heterocycles. The Hall–Kier alpha value is -0.300. The fraction of sp³-hybridized carbons (Fsp3) is 0.714. The summed E-state index contributed by atoms with van der Waals surface area (Å²) in [5, 5.41) is 0. The molecule has 1 aromatic rings. The van der Waals surface area contributed by atoms with Crippen LogP contribution in [0.3, 0.4) is 0 Å². The smallest absolute Gasteiger partial charge is 0.0395 e. The van der Waals surface area contributed by atoms with E-state index >= 15 is 0 Å². The van der Waals surface area contributed by atoms with Gasteiger partial charge in [0.05, 0.1) is 0 Å². The van der Waals surface area contributed by atoms with Gasteiger partial charge in [-0.15, -0.1) is 0 Å². The van der Waals surface area contributed by atoms with Crippen LogP contribution in [0.2, 0.25) is 0 Å². The van der Waals surface area contributed by atoms with Crippen LogP contribution in [-0.2, 0) is 0 Å². The standard InChI is InChI=1S/C21H35Br/c1-2-3-4-5-6-7-8-9-10-11-12-16-19-21(22)20-17-14-13-15-18-20/h13-15,17-18,21H,2-12,16,19H2,1H3. The number of hydrogen-bond donors (Lipinski definition) is 0.